The molecule has 0 atom stereocenters. The summed E-state index contributed by atoms with van der Waals surface area (Å²) in [6.45, 7) is 11.4. The molecule has 4 aromatic carbocycles. The van der Waals surface area contributed by atoms with Crippen LogP contribution >= 0.6 is 0 Å². The summed E-state index contributed by atoms with van der Waals surface area (Å²) in [5.41, 5.74) is 7.22. The lowest BCUT2D eigenvalue weighted by molar-refractivity contribution is -0.437. The van der Waals surface area contributed by atoms with Gasteiger partial charge in [-0.15, -0.1) is 0 Å². The summed E-state index contributed by atoms with van der Waals surface area (Å²) in [5, 5.41) is 14.2. The smallest absolute Gasteiger partial charge is 0.294 e. The molecule has 106 heavy (non-hydrogen) atoms. The fraction of sp³-hybridized carbons (Fsp3) is 0.462. The predicted molar refractivity (Wildman–Crippen MR) is 406 cm³/mol. The number of benzene rings is 4. The van der Waals surface area contributed by atoms with E-state index in [-0.39, 0.29) is 64.5 Å². The number of hydrogen-bond acceptors (Lipinski definition) is 14. The summed E-state index contributed by atoms with van der Waals surface area (Å²) >= 11 is 0. The first-order valence-corrected chi connectivity index (χ1v) is 42.8. The Labute approximate surface area is 620 Å². The van der Waals surface area contributed by atoms with E-state index in [9.17, 15) is 71.1 Å². The van der Waals surface area contributed by atoms with Gasteiger partial charge in [0.1, 0.15) is 17.8 Å². The number of aromatic nitrogens is 3. The highest BCUT2D eigenvalue weighted by molar-refractivity contribution is 7.86. The summed E-state index contributed by atoms with van der Waals surface area (Å²) in [4.78, 5) is 56.6. The first-order chi connectivity index (χ1) is 50.1. The first kappa shape index (κ1) is 77.4. The molecular weight excluding hydrogens is 1430 g/mol. The Morgan fingerprint density at radius 1 is 0.613 bits per heavy atom. The number of unbranched alkanes of at least 4 members (excludes halogenated alkanes) is 5. The number of hydrogen-bond donors (Lipinski definition) is 7. The summed E-state index contributed by atoms with van der Waals surface area (Å²) < 4.78 is 142. The van der Waals surface area contributed by atoms with Gasteiger partial charge in [-0.3, -0.25) is 37.4 Å². The maximum absolute atomic E-state index is 14.1. The second kappa shape index (κ2) is 30.8. The van der Waals surface area contributed by atoms with Crippen molar-refractivity contribution in [1.82, 2.24) is 30.1 Å². The molecular formula is C78H95N8O16S4+. The van der Waals surface area contributed by atoms with Crippen molar-refractivity contribution in [2.75, 3.05) is 42.6 Å². The minimum Gasteiger partial charge on any atom is -0.352 e. The van der Waals surface area contributed by atoms with Gasteiger partial charge in [-0.25, -0.2) is 0 Å². The molecule has 28 heteroatoms. The van der Waals surface area contributed by atoms with E-state index in [0.717, 1.165) is 79.2 Å². The molecule has 566 valence electrons. The van der Waals surface area contributed by atoms with Crippen LogP contribution in [0.5, 0.6) is 0 Å². The maximum Gasteiger partial charge on any atom is 0.294 e. The molecule has 7 N–H and O–H groups in total. The molecule has 4 heterocycles. The lowest BCUT2D eigenvalue weighted by atomic mass is 9.53. The zero-order chi connectivity index (χ0) is 75.9. The van der Waals surface area contributed by atoms with Gasteiger partial charge >= 0.3 is 0 Å². The van der Waals surface area contributed by atoms with Crippen LogP contribution in [-0.4, -0.2) is 137 Å². The molecule has 4 bridgehead atoms. The summed E-state index contributed by atoms with van der Waals surface area (Å²) in [6, 6.07) is 24.6. The number of allylic oxidation sites excluding steroid dienone is 8. The topological polar surface area (TPSA) is 350 Å². The molecule has 6 aromatic rings. The lowest BCUT2D eigenvalue weighted by Gasteiger charge is -2.56. The van der Waals surface area contributed by atoms with Gasteiger partial charge in [-0.1, -0.05) is 82.9 Å². The molecule has 13 rings (SSSR count). The van der Waals surface area contributed by atoms with Crippen LogP contribution < -0.4 is 26.4 Å². The molecule has 0 spiro atoms. The highest BCUT2D eigenvalue weighted by atomic mass is 32.2. The van der Waals surface area contributed by atoms with Crippen LogP contribution in [0.1, 0.15) is 198 Å². The van der Waals surface area contributed by atoms with Crippen LogP contribution in [0.15, 0.2) is 153 Å². The van der Waals surface area contributed by atoms with Gasteiger partial charge in [0.2, 0.25) is 5.69 Å². The van der Waals surface area contributed by atoms with E-state index in [4.69, 9.17) is 5.10 Å². The average molecular weight is 1530 g/mol. The number of fused-ring (bicyclic) bond motifs is 3. The third-order valence-electron chi connectivity index (χ3n) is 22.2. The van der Waals surface area contributed by atoms with Crippen molar-refractivity contribution >= 4 is 86.5 Å². The Balaban J connectivity index is 0.716. The highest BCUT2D eigenvalue weighted by Gasteiger charge is 2.52. The summed E-state index contributed by atoms with van der Waals surface area (Å²) in [7, 11) is -17.9. The fourth-order valence-corrected chi connectivity index (χ4v) is 19.4. The first-order valence-electron chi connectivity index (χ1n) is 36.7. The van der Waals surface area contributed by atoms with E-state index in [2.05, 4.69) is 22.9 Å². The quantitative estimate of drug-likeness (QED) is 0.0125. The molecule has 5 aliphatic carbocycles. The van der Waals surface area contributed by atoms with Crippen LogP contribution in [0, 0.1) is 17.8 Å². The van der Waals surface area contributed by atoms with E-state index in [1.807, 2.05) is 96.4 Å². The van der Waals surface area contributed by atoms with Crippen molar-refractivity contribution in [2.45, 2.75) is 183 Å². The molecule has 4 saturated carbocycles. The van der Waals surface area contributed by atoms with E-state index in [0.29, 0.717) is 126 Å². The van der Waals surface area contributed by atoms with E-state index < -0.39 is 68.4 Å². The van der Waals surface area contributed by atoms with Gasteiger partial charge in [0, 0.05) is 102 Å². The Bertz CT molecular complexity index is 5130. The Kier molecular flexibility index (Phi) is 22.5. The molecule has 0 radical (unpaired) electrons. The lowest BCUT2D eigenvalue weighted by Crippen LogP contribution is -2.60. The van der Waals surface area contributed by atoms with Crippen LogP contribution in [0.4, 0.5) is 11.4 Å². The maximum atomic E-state index is 14.1. The van der Waals surface area contributed by atoms with Gasteiger partial charge in [-0.2, -0.15) is 47.9 Å². The average Bonchev–Trinajstić information content (AvgIpc) is 1.61. The highest BCUT2D eigenvalue weighted by Crippen LogP contribution is 2.56. The summed E-state index contributed by atoms with van der Waals surface area (Å²) in [5.74, 6) is -0.0171. The minimum absolute atomic E-state index is 0.0134. The zero-order valence-corrected chi connectivity index (χ0v) is 63.8. The van der Waals surface area contributed by atoms with Crippen LogP contribution in [0.2, 0.25) is 0 Å². The molecule has 0 unspecified atom stereocenters. The van der Waals surface area contributed by atoms with Crippen LogP contribution in [0.25, 0.3) is 22.5 Å². The number of rotatable bonds is 30. The van der Waals surface area contributed by atoms with Crippen LogP contribution in [0.3, 0.4) is 0 Å². The molecule has 2 aliphatic heterocycles. The number of carbonyl (C=O) groups is 3. The number of aryl methyl sites for hydroxylation is 1. The Morgan fingerprint density at radius 3 is 1.77 bits per heavy atom. The molecule has 7 aliphatic rings. The second-order valence-electron chi connectivity index (χ2n) is 30.6. The van der Waals surface area contributed by atoms with Gasteiger partial charge in [0.15, 0.2) is 5.71 Å². The van der Waals surface area contributed by atoms with E-state index in [1.54, 1.807) is 42.6 Å². The zero-order valence-electron chi connectivity index (χ0n) is 60.5. The molecule has 0 saturated heterocycles. The number of anilines is 1. The Hall–Kier alpha value is -8.22. The van der Waals surface area contributed by atoms with E-state index in [1.165, 1.54) is 48.0 Å². The monoisotopic (exact) mass is 1530 g/mol. The van der Waals surface area contributed by atoms with Gasteiger partial charge in [0.05, 0.1) is 32.4 Å². The van der Waals surface area contributed by atoms with Gasteiger partial charge < -0.3 is 25.4 Å². The van der Waals surface area contributed by atoms with Crippen molar-refractivity contribution in [2.24, 2.45) is 17.8 Å². The summed E-state index contributed by atoms with van der Waals surface area (Å²) in [6.07, 6.45) is 23.7. The number of amides is 3. The van der Waals surface area contributed by atoms with Gasteiger partial charge in [0.25, 0.3) is 63.8 Å². The molecule has 24 nitrogen and oxygen atoms in total. The molecule has 2 aromatic heterocycles. The van der Waals surface area contributed by atoms with Crippen LogP contribution in [-0.2, 0) is 57.8 Å². The third kappa shape index (κ3) is 17.2. The van der Waals surface area contributed by atoms with Crippen molar-refractivity contribution in [3.8, 4) is 11.3 Å². The SMILES string of the molecule is CCCCCn1cc(C(=O)NC23CC4CC(CC(C4)C2)C3)c(=O)n2nc(-c3ccc(C(=O)NCCCCCCNC(=O)c4ccc(C5=C(/C=C/C6=[N+](CCCS(=O)(=O)O)c7ccc(S(=O)(=O)O)cc7C6(C)C)CCC/C5=C\C=C5\N(CCCS(=O)(=O)O)c6ccc(S(=O)(=O)O)cc6C5(C)C)cc4)cc3)cc12. The third-order valence-corrected chi connectivity index (χ3v) is 25.5. The van der Waals surface area contributed by atoms with Crippen molar-refractivity contribution in [1.29, 1.82) is 0 Å². The van der Waals surface area contributed by atoms with E-state index >= 15 is 0 Å². The Morgan fingerprint density at radius 2 is 1.19 bits per heavy atom. The van der Waals surface area contributed by atoms with Crippen molar-refractivity contribution in [3.05, 3.63) is 182 Å². The predicted octanol–water partition coefficient (Wildman–Crippen LogP) is 12.0. The molecule has 3 amide bonds. The second-order valence-corrected chi connectivity index (χ2v) is 36.6. The standard InChI is InChI=1S/C78H94N8O16S4/c1-6-7-12-36-83-50-62(74(89)81-78-47-51-41-52(48-78)43-53(42-51)49-78)75(90)86-70(83)46-65(82-86)54-18-22-58(23-19-54)72(87)79-34-10-8-9-11-35-80-73(88)59-24-20-57(21-25-59)71-55(26-32-68-76(2,3)63-44-60(105(97,98)99)28-30-66(63)84(68)37-14-39-103(91,92)93)16-13-17-56(71)27-33-69-77(4,5)64-45-61(106(100,101)102)29-31-67(64)85(69)38-15-40-104(94,95)96/h18-33,44-46,50-53H,6-17,34-43,47-49H2,1-5H3,(H6-,79,80,81,87,88,89,91,92,93,94,95,96,97,98,99,100,101,102)/p+1. The van der Waals surface area contributed by atoms with Gasteiger partial charge in [-0.05, 0) is 204 Å². The molecule has 4 fully saturated rings. The fourth-order valence-electron chi connectivity index (χ4n) is 17.4. The number of nitrogens with one attached hydrogen (secondary N) is 3. The van der Waals surface area contributed by atoms with Crippen molar-refractivity contribution in [3.63, 3.8) is 0 Å². The number of nitrogens with zero attached hydrogens (tertiary/aromatic N) is 5. The normalized spacial score (nSPS) is 21.2. The minimum atomic E-state index is -4.62. The largest absolute Gasteiger partial charge is 0.352 e. The number of carbonyl (C=O) groups excluding carboxylic acids is 3. The van der Waals surface area contributed by atoms with Crippen molar-refractivity contribution < 1.29 is 70.8 Å².